The number of aromatic nitrogens is 2. The van der Waals surface area contributed by atoms with Gasteiger partial charge in [-0.05, 0) is 34.1 Å². The van der Waals surface area contributed by atoms with Crippen LogP contribution in [0.25, 0.3) is 0 Å². The number of nitrogens with zero attached hydrogens (tertiary/aromatic N) is 3. The molecule has 0 saturated carbocycles. The summed E-state index contributed by atoms with van der Waals surface area (Å²) in [5.74, 6) is -0.0556. The van der Waals surface area contributed by atoms with Gasteiger partial charge in [-0.3, -0.25) is 9.89 Å². The fraction of sp³-hybridized carbons (Fsp3) is 0.600. The number of hydrogen-bond donors (Lipinski definition) is 1. The summed E-state index contributed by atoms with van der Waals surface area (Å²) >= 11 is 0. The lowest BCUT2D eigenvalue weighted by Gasteiger charge is -2.21. The summed E-state index contributed by atoms with van der Waals surface area (Å²) in [6, 6.07) is 0. The number of nitrogens with one attached hydrogen (secondary N) is 1. The Balaban J connectivity index is 2.18. The first-order valence-corrected chi connectivity index (χ1v) is 9.13. The maximum Gasteiger partial charge on any atom is 0.246 e. The zero-order chi connectivity index (χ0) is 17.2. The van der Waals surface area contributed by atoms with Crippen LogP contribution in [-0.4, -0.2) is 59.9 Å². The van der Waals surface area contributed by atoms with Crippen molar-refractivity contribution in [3.05, 3.63) is 23.0 Å². The van der Waals surface area contributed by atoms with Gasteiger partial charge in [0.1, 0.15) is 4.90 Å². The van der Waals surface area contributed by atoms with Crippen LogP contribution in [0, 0.1) is 13.8 Å². The zero-order valence-corrected chi connectivity index (χ0v) is 14.9. The van der Waals surface area contributed by atoms with Crippen LogP contribution in [0.4, 0.5) is 0 Å². The standard InChI is InChI=1S/C15H24N4O3S/c1-11(2)10-14(20)18-6-5-7-19(9-8-18)23(21,22)15-12(3)16-17-13(15)4/h10H,5-9H2,1-4H3,(H,16,17). The van der Waals surface area contributed by atoms with Gasteiger partial charge in [0.25, 0.3) is 0 Å². The Hall–Kier alpha value is -1.67. The number of carbonyl (C=O) groups excluding carboxylic acids is 1. The van der Waals surface area contributed by atoms with Gasteiger partial charge in [0, 0.05) is 32.3 Å². The molecule has 0 bridgehead atoms. The Bertz CT molecular complexity index is 698. The molecule has 7 nitrogen and oxygen atoms in total. The second-order valence-corrected chi connectivity index (χ2v) is 7.94. The van der Waals surface area contributed by atoms with E-state index in [-0.39, 0.29) is 10.8 Å². The maximum atomic E-state index is 12.8. The molecule has 0 spiro atoms. The third kappa shape index (κ3) is 3.81. The molecule has 2 heterocycles. The Morgan fingerprint density at radius 3 is 2.43 bits per heavy atom. The number of amides is 1. The Labute approximate surface area is 137 Å². The summed E-state index contributed by atoms with van der Waals surface area (Å²) in [6.45, 7) is 8.80. The van der Waals surface area contributed by atoms with Crippen molar-refractivity contribution >= 4 is 15.9 Å². The molecule has 0 atom stereocenters. The summed E-state index contributed by atoms with van der Waals surface area (Å²) in [6.07, 6.45) is 2.21. The SMILES string of the molecule is CC(C)=CC(=O)N1CCCN(S(=O)(=O)c2c(C)n[nH]c2C)CC1. The average Bonchev–Trinajstić information content (AvgIpc) is 2.66. The number of allylic oxidation sites excluding steroid dienone is 1. The van der Waals surface area contributed by atoms with Crippen LogP contribution in [0.15, 0.2) is 16.5 Å². The summed E-state index contributed by atoms with van der Waals surface area (Å²) in [7, 11) is -3.59. The number of H-pyrrole nitrogens is 1. The smallest absolute Gasteiger partial charge is 0.246 e. The summed E-state index contributed by atoms with van der Waals surface area (Å²) in [5, 5.41) is 6.69. The molecule has 1 saturated heterocycles. The molecule has 0 aliphatic carbocycles. The van der Waals surface area contributed by atoms with Gasteiger partial charge in [0.2, 0.25) is 15.9 Å². The van der Waals surface area contributed by atoms with Crippen molar-refractivity contribution in [2.45, 2.75) is 39.0 Å². The van der Waals surface area contributed by atoms with Gasteiger partial charge in [-0.15, -0.1) is 0 Å². The molecule has 128 valence electrons. The molecule has 1 amide bonds. The van der Waals surface area contributed by atoms with E-state index in [0.717, 1.165) is 5.57 Å². The lowest BCUT2D eigenvalue weighted by molar-refractivity contribution is -0.125. The Morgan fingerprint density at radius 1 is 1.17 bits per heavy atom. The van der Waals surface area contributed by atoms with Gasteiger partial charge in [0.15, 0.2) is 0 Å². The number of hydrogen-bond acceptors (Lipinski definition) is 4. The van der Waals surface area contributed by atoms with Crippen molar-refractivity contribution < 1.29 is 13.2 Å². The fourth-order valence-electron chi connectivity index (χ4n) is 2.74. The van der Waals surface area contributed by atoms with Gasteiger partial charge >= 0.3 is 0 Å². The van der Waals surface area contributed by atoms with E-state index in [4.69, 9.17) is 0 Å². The molecule has 1 fully saturated rings. The van der Waals surface area contributed by atoms with Gasteiger partial charge in [0.05, 0.1) is 11.4 Å². The predicted molar refractivity (Wildman–Crippen MR) is 87.4 cm³/mol. The summed E-state index contributed by atoms with van der Waals surface area (Å²) in [5.41, 5.74) is 1.96. The number of carbonyl (C=O) groups is 1. The van der Waals surface area contributed by atoms with E-state index in [1.807, 2.05) is 13.8 Å². The quantitative estimate of drug-likeness (QED) is 0.838. The first kappa shape index (κ1) is 17.7. The van der Waals surface area contributed by atoms with Crippen molar-refractivity contribution in [2.24, 2.45) is 0 Å². The van der Waals surface area contributed by atoms with Crippen LogP contribution >= 0.6 is 0 Å². The minimum absolute atomic E-state index is 0.0556. The average molecular weight is 340 g/mol. The Kier molecular flexibility index (Phi) is 5.26. The lowest BCUT2D eigenvalue weighted by atomic mass is 10.3. The van der Waals surface area contributed by atoms with Crippen molar-refractivity contribution in [1.82, 2.24) is 19.4 Å². The molecule has 1 aromatic rings. The fourth-order valence-corrected chi connectivity index (χ4v) is 4.54. The van der Waals surface area contributed by atoms with Crippen molar-refractivity contribution in [1.29, 1.82) is 0 Å². The molecule has 0 unspecified atom stereocenters. The van der Waals surface area contributed by atoms with Crippen LogP contribution < -0.4 is 0 Å². The minimum atomic E-state index is -3.59. The van der Waals surface area contributed by atoms with Crippen LogP contribution in [0.5, 0.6) is 0 Å². The number of aromatic amines is 1. The van der Waals surface area contributed by atoms with E-state index in [1.54, 1.807) is 24.8 Å². The predicted octanol–water partition coefficient (Wildman–Crippen LogP) is 1.22. The third-order valence-corrected chi connectivity index (χ3v) is 6.00. The second-order valence-electron chi connectivity index (χ2n) is 6.07. The third-order valence-electron chi connectivity index (χ3n) is 3.84. The van der Waals surface area contributed by atoms with Gasteiger partial charge < -0.3 is 4.90 Å². The van der Waals surface area contributed by atoms with E-state index in [9.17, 15) is 13.2 Å². The van der Waals surface area contributed by atoms with Crippen molar-refractivity contribution in [3.63, 3.8) is 0 Å². The van der Waals surface area contributed by atoms with Crippen molar-refractivity contribution in [3.8, 4) is 0 Å². The normalized spacial score (nSPS) is 17.0. The monoisotopic (exact) mass is 340 g/mol. The van der Waals surface area contributed by atoms with Crippen LogP contribution in [0.3, 0.4) is 0 Å². The molecule has 1 aliphatic rings. The minimum Gasteiger partial charge on any atom is -0.338 e. The van der Waals surface area contributed by atoms with Gasteiger partial charge in [-0.1, -0.05) is 5.57 Å². The number of rotatable bonds is 3. The molecular weight excluding hydrogens is 316 g/mol. The Morgan fingerprint density at radius 2 is 1.87 bits per heavy atom. The molecule has 1 aromatic heterocycles. The number of aryl methyl sites for hydroxylation is 2. The molecule has 0 aromatic carbocycles. The second kappa shape index (κ2) is 6.84. The molecule has 2 rings (SSSR count). The van der Waals surface area contributed by atoms with Crippen LogP contribution in [-0.2, 0) is 14.8 Å². The molecule has 1 aliphatic heterocycles. The van der Waals surface area contributed by atoms with Crippen molar-refractivity contribution in [2.75, 3.05) is 26.2 Å². The molecule has 0 radical (unpaired) electrons. The van der Waals surface area contributed by atoms with E-state index in [0.29, 0.717) is 44.0 Å². The maximum absolute atomic E-state index is 12.8. The molecule has 1 N–H and O–H groups in total. The highest BCUT2D eigenvalue weighted by molar-refractivity contribution is 7.89. The highest BCUT2D eigenvalue weighted by atomic mass is 32.2. The molecular formula is C15H24N4O3S. The van der Waals surface area contributed by atoms with E-state index in [1.165, 1.54) is 4.31 Å². The van der Waals surface area contributed by atoms with Gasteiger partial charge in [-0.25, -0.2) is 8.42 Å². The highest BCUT2D eigenvalue weighted by Crippen LogP contribution is 2.22. The molecule has 8 heteroatoms. The first-order valence-electron chi connectivity index (χ1n) is 7.69. The summed E-state index contributed by atoms with van der Waals surface area (Å²) in [4.78, 5) is 14.1. The highest BCUT2D eigenvalue weighted by Gasteiger charge is 2.31. The first-order chi connectivity index (χ1) is 10.7. The van der Waals surface area contributed by atoms with Crippen LogP contribution in [0.1, 0.15) is 31.7 Å². The summed E-state index contributed by atoms with van der Waals surface area (Å²) < 4.78 is 27.1. The van der Waals surface area contributed by atoms with E-state index >= 15 is 0 Å². The van der Waals surface area contributed by atoms with Crippen LogP contribution in [0.2, 0.25) is 0 Å². The topological polar surface area (TPSA) is 86.4 Å². The lowest BCUT2D eigenvalue weighted by Crippen LogP contribution is -2.37. The zero-order valence-electron chi connectivity index (χ0n) is 14.1. The largest absolute Gasteiger partial charge is 0.338 e. The molecule has 23 heavy (non-hydrogen) atoms. The van der Waals surface area contributed by atoms with Gasteiger partial charge in [-0.2, -0.15) is 9.40 Å². The van der Waals surface area contributed by atoms with E-state index < -0.39 is 10.0 Å². The number of sulfonamides is 1. The van der Waals surface area contributed by atoms with E-state index in [2.05, 4.69) is 10.2 Å².